The third kappa shape index (κ3) is 5.97. The van der Waals surface area contributed by atoms with Gasteiger partial charge in [-0.3, -0.25) is 4.79 Å². The number of alkyl halides is 3. The third-order valence-electron chi connectivity index (χ3n) is 2.30. The molecule has 0 aromatic heterocycles. The molecule has 7 heteroatoms. The normalized spacial score (nSPS) is 12.3. The van der Waals surface area contributed by atoms with E-state index >= 15 is 0 Å². The van der Waals surface area contributed by atoms with E-state index in [0.717, 1.165) is 17.8 Å². The summed E-state index contributed by atoms with van der Waals surface area (Å²) >= 11 is 0.766. The number of rotatable bonds is 4. The highest BCUT2D eigenvalue weighted by Gasteiger charge is 2.34. The molecular weight excluding hydrogens is 305 g/mol. The van der Waals surface area contributed by atoms with Crippen molar-refractivity contribution in [1.82, 2.24) is 0 Å². The van der Waals surface area contributed by atoms with Crippen LogP contribution in [0.25, 0.3) is 0 Å². The molecule has 1 aromatic rings. The van der Waals surface area contributed by atoms with Crippen molar-refractivity contribution in [3.63, 3.8) is 0 Å². The van der Waals surface area contributed by atoms with E-state index in [1.807, 2.05) is 0 Å². The summed E-state index contributed by atoms with van der Waals surface area (Å²) in [5, 5.41) is 8.92. The van der Waals surface area contributed by atoms with Crippen LogP contribution in [0.5, 0.6) is 0 Å². The number of halogens is 3. The number of thioether (sulfide) groups is 1. The minimum absolute atomic E-state index is 0.0643. The van der Waals surface area contributed by atoms with E-state index in [0.29, 0.717) is 0 Å². The second kappa shape index (κ2) is 6.70. The van der Waals surface area contributed by atoms with Gasteiger partial charge in [-0.25, -0.2) is 0 Å². The molecule has 118 valence electrons. The number of hydrogen-bond donors (Lipinski definition) is 1. The van der Waals surface area contributed by atoms with E-state index in [1.165, 1.54) is 12.1 Å². The van der Waals surface area contributed by atoms with Crippen molar-refractivity contribution in [2.24, 2.45) is 0 Å². The zero-order valence-corrected chi connectivity index (χ0v) is 12.8. The van der Waals surface area contributed by atoms with Crippen molar-refractivity contribution in [1.29, 1.82) is 0 Å². The molecule has 1 N–H and O–H groups in total. The van der Waals surface area contributed by atoms with E-state index in [4.69, 9.17) is 9.84 Å². The Morgan fingerprint density at radius 3 is 2.38 bits per heavy atom. The maximum atomic E-state index is 12.9. The molecular formula is C14H17F3O3S. The summed E-state index contributed by atoms with van der Waals surface area (Å²) in [5.74, 6) is -0.786. The lowest BCUT2D eigenvalue weighted by Gasteiger charge is -2.19. The number of ether oxygens (including phenoxy) is 1. The molecule has 21 heavy (non-hydrogen) atoms. The van der Waals surface area contributed by atoms with Crippen molar-refractivity contribution < 1.29 is 27.8 Å². The van der Waals surface area contributed by atoms with Gasteiger partial charge in [0.2, 0.25) is 0 Å². The second-order valence-electron chi connectivity index (χ2n) is 5.36. The molecule has 0 bridgehead atoms. The lowest BCUT2D eigenvalue weighted by atomic mass is 10.1. The highest BCUT2D eigenvalue weighted by atomic mass is 32.2. The topological polar surface area (TPSA) is 46.5 Å². The summed E-state index contributed by atoms with van der Waals surface area (Å²) in [5.41, 5.74) is -1.36. The van der Waals surface area contributed by atoms with Crippen LogP contribution in [-0.4, -0.2) is 22.4 Å². The highest BCUT2D eigenvalue weighted by Crippen LogP contribution is 2.37. The Hall–Kier alpha value is -1.21. The van der Waals surface area contributed by atoms with Gasteiger partial charge in [0.1, 0.15) is 5.60 Å². The summed E-state index contributed by atoms with van der Waals surface area (Å²) in [6, 6.07) is 3.54. The first kappa shape index (κ1) is 17.8. The van der Waals surface area contributed by atoms with Gasteiger partial charge in [-0.2, -0.15) is 13.2 Å². The maximum Gasteiger partial charge on any atom is 0.417 e. The van der Waals surface area contributed by atoms with Gasteiger partial charge in [0.05, 0.1) is 17.9 Å². The summed E-state index contributed by atoms with van der Waals surface area (Å²) in [6.07, 6.45) is -4.54. The molecule has 0 aliphatic rings. The Kier molecular flexibility index (Phi) is 5.69. The van der Waals surface area contributed by atoms with Crippen LogP contribution in [0.1, 0.15) is 31.9 Å². The fraction of sp³-hybridized carbons (Fsp3) is 0.500. The van der Waals surface area contributed by atoms with Gasteiger partial charge in [-0.15, -0.1) is 11.8 Å². The molecule has 0 saturated heterocycles. The van der Waals surface area contributed by atoms with Crippen LogP contribution in [-0.2, 0) is 22.3 Å². The fourth-order valence-corrected chi connectivity index (χ4v) is 2.36. The summed E-state index contributed by atoms with van der Waals surface area (Å²) < 4.78 is 43.9. The number of aliphatic hydroxyl groups is 1. The summed E-state index contributed by atoms with van der Waals surface area (Å²) in [4.78, 5) is 11.5. The quantitative estimate of drug-likeness (QED) is 0.679. The Bertz CT molecular complexity index is 507. The SMILES string of the molecule is CC(C)(C)OC(=O)CSc1ccc(CO)cc1C(F)(F)F. The molecule has 0 fully saturated rings. The molecule has 0 unspecified atom stereocenters. The Morgan fingerprint density at radius 2 is 1.90 bits per heavy atom. The number of esters is 1. The van der Waals surface area contributed by atoms with E-state index < -0.39 is 29.9 Å². The third-order valence-corrected chi connectivity index (χ3v) is 3.34. The molecule has 0 radical (unpaired) electrons. The maximum absolute atomic E-state index is 12.9. The van der Waals surface area contributed by atoms with Crippen molar-refractivity contribution in [3.8, 4) is 0 Å². The number of hydrogen-bond acceptors (Lipinski definition) is 4. The predicted octanol–water partition coefficient (Wildman–Crippen LogP) is 3.63. The molecule has 0 saturated carbocycles. The molecule has 0 atom stereocenters. The molecule has 1 aromatic carbocycles. The highest BCUT2D eigenvalue weighted by molar-refractivity contribution is 8.00. The Labute approximate surface area is 125 Å². The number of carbonyl (C=O) groups excluding carboxylic acids is 1. The van der Waals surface area contributed by atoms with Crippen LogP contribution in [0.3, 0.4) is 0 Å². The van der Waals surface area contributed by atoms with Crippen LogP contribution in [0.2, 0.25) is 0 Å². The van der Waals surface area contributed by atoms with Crippen LogP contribution in [0, 0.1) is 0 Å². The van der Waals surface area contributed by atoms with E-state index in [2.05, 4.69) is 0 Å². The first-order valence-corrected chi connectivity index (χ1v) is 7.17. The molecule has 0 aliphatic heterocycles. The molecule has 0 heterocycles. The monoisotopic (exact) mass is 322 g/mol. The van der Waals surface area contributed by atoms with E-state index in [-0.39, 0.29) is 16.2 Å². The number of benzene rings is 1. The van der Waals surface area contributed by atoms with Gasteiger partial charge in [-0.05, 0) is 38.5 Å². The average Bonchev–Trinajstić information content (AvgIpc) is 2.33. The van der Waals surface area contributed by atoms with Gasteiger partial charge in [0.15, 0.2) is 0 Å². The van der Waals surface area contributed by atoms with Gasteiger partial charge in [0.25, 0.3) is 0 Å². The zero-order valence-electron chi connectivity index (χ0n) is 12.0. The lowest BCUT2D eigenvalue weighted by molar-refractivity contribution is -0.151. The first-order valence-electron chi connectivity index (χ1n) is 6.18. The standard InChI is InChI=1S/C14H17F3O3S/c1-13(2,3)20-12(19)8-21-11-5-4-9(7-18)6-10(11)14(15,16)17/h4-6,18H,7-8H2,1-3H3. The van der Waals surface area contributed by atoms with Crippen molar-refractivity contribution >= 4 is 17.7 Å². The Morgan fingerprint density at radius 1 is 1.29 bits per heavy atom. The molecule has 0 aliphatic carbocycles. The number of aliphatic hydroxyl groups excluding tert-OH is 1. The van der Waals surface area contributed by atoms with Crippen LogP contribution < -0.4 is 0 Å². The molecule has 0 spiro atoms. The summed E-state index contributed by atoms with van der Waals surface area (Å²) in [6.45, 7) is 4.59. The zero-order chi connectivity index (χ0) is 16.3. The van der Waals surface area contributed by atoms with Crippen molar-refractivity contribution in [3.05, 3.63) is 29.3 Å². The van der Waals surface area contributed by atoms with Crippen molar-refractivity contribution in [2.75, 3.05) is 5.75 Å². The average molecular weight is 322 g/mol. The van der Waals surface area contributed by atoms with Gasteiger partial charge in [-0.1, -0.05) is 6.07 Å². The minimum atomic E-state index is -4.54. The first-order chi connectivity index (χ1) is 9.53. The van der Waals surface area contributed by atoms with Gasteiger partial charge >= 0.3 is 12.1 Å². The summed E-state index contributed by atoms with van der Waals surface area (Å²) in [7, 11) is 0. The van der Waals surface area contributed by atoms with Crippen LogP contribution in [0.15, 0.2) is 23.1 Å². The smallest absolute Gasteiger partial charge is 0.417 e. The number of carbonyl (C=O) groups is 1. The van der Waals surface area contributed by atoms with Gasteiger partial charge < -0.3 is 9.84 Å². The molecule has 3 nitrogen and oxygen atoms in total. The second-order valence-corrected chi connectivity index (χ2v) is 6.38. The molecule has 0 amide bonds. The Balaban J connectivity index is 2.86. The predicted molar refractivity (Wildman–Crippen MR) is 73.9 cm³/mol. The van der Waals surface area contributed by atoms with Crippen LogP contribution >= 0.6 is 11.8 Å². The van der Waals surface area contributed by atoms with Crippen LogP contribution in [0.4, 0.5) is 13.2 Å². The lowest BCUT2D eigenvalue weighted by Crippen LogP contribution is -2.25. The van der Waals surface area contributed by atoms with Crippen molar-refractivity contribution in [2.45, 2.75) is 44.1 Å². The minimum Gasteiger partial charge on any atom is -0.459 e. The van der Waals surface area contributed by atoms with Gasteiger partial charge in [0, 0.05) is 4.90 Å². The largest absolute Gasteiger partial charge is 0.459 e. The van der Waals surface area contributed by atoms with E-state index in [1.54, 1.807) is 20.8 Å². The molecule has 1 rings (SSSR count). The fourth-order valence-electron chi connectivity index (χ4n) is 1.53. The van der Waals surface area contributed by atoms with E-state index in [9.17, 15) is 18.0 Å².